The number of carbonyl (C=O) groups excluding carboxylic acids is 1. The molecule has 1 aliphatic rings. The zero-order valence-electron chi connectivity index (χ0n) is 15.4. The van der Waals surface area contributed by atoms with Crippen LogP contribution in [0.3, 0.4) is 0 Å². The summed E-state index contributed by atoms with van der Waals surface area (Å²) >= 11 is 1.54. The molecular weight excluding hydrogens is 374 g/mol. The summed E-state index contributed by atoms with van der Waals surface area (Å²) in [6.07, 6.45) is 5.38. The van der Waals surface area contributed by atoms with E-state index >= 15 is 0 Å². The second-order valence-electron chi connectivity index (χ2n) is 6.86. The molecule has 0 aliphatic carbocycles. The molecule has 1 amide bonds. The molecule has 5 rings (SSSR count). The van der Waals surface area contributed by atoms with Crippen molar-refractivity contribution >= 4 is 22.8 Å². The van der Waals surface area contributed by atoms with Crippen molar-refractivity contribution in [2.24, 2.45) is 0 Å². The van der Waals surface area contributed by atoms with Crippen LogP contribution in [0.5, 0.6) is 0 Å². The van der Waals surface area contributed by atoms with E-state index in [0.29, 0.717) is 19.4 Å². The van der Waals surface area contributed by atoms with Gasteiger partial charge in [-0.1, -0.05) is 6.07 Å². The Hall–Kier alpha value is -3.07. The van der Waals surface area contributed by atoms with Gasteiger partial charge in [-0.15, -0.1) is 21.5 Å². The minimum absolute atomic E-state index is 0.0866. The van der Waals surface area contributed by atoms with Crippen molar-refractivity contribution in [2.75, 3.05) is 6.54 Å². The lowest BCUT2D eigenvalue weighted by Gasteiger charge is -2.34. The smallest absolute Gasteiger partial charge is 0.223 e. The molecular formula is C19H19N7OS. The van der Waals surface area contributed by atoms with Gasteiger partial charge in [-0.25, -0.2) is 9.50 Å². The van der Waals surface area contributed by atoms with Gasteiger partial charge in [-0.05, 0) is 25.1 Å². The zero-order valence-corrected chi connectivity index (χ0v) is 16.2. The fourth-order valence-electron chi connectivity index (χ4n) is 3.73. The van der Waals surface area contributed by atoms with Crippen molar-refractivity contribution in [1.82, 2.24) is 34.7 Å². The van der Waals surface area contributed by atoms with Crippen LogP contribution in [0.15, 0.2) is 36.8 Å². The van der Waals surface area contributed by atoms with E-state index in [1.165, 1.54) is 0 Å². The van der Waals surface area contributed by atoms with Crippen LogP contribution in [0.1, 0.15) is 39.6 Å². The first-order valence-corrected chi connectivity index (χ1v) is 10.1. The van der Waals surface area contributed by atoms with E-state index in [4.69, 9.17) is 5.10 Å². The van der Waals surface area contributed by atoms with Crippen LogP contribution in [-0.4, -0.2) is 47.1 Å². The number of nitrogens with zero attached hydrogens (tertiary/aromatic N) is 6. The van der Waals surface area contributed by atoms with Gasteiger partial charge in [0, 0.05) is 37.7 Å². The Morgan fingerprint density at radius 1 is 1.36 bits per heavy atom. The van der Waals surface area contributed by atoms with E-state index in [2.05, 4.69) is 20.2 Å². The lowest BCUT2D eigenvalue weighted by Crippen LogP contribution is -2.41. The summed E-state index contributed by atoms with van der Waals surface area (Å²) in [7, 11) is 0. The number of aromatic nitrogens is 6. The van der Waals surface area contributed by atoms with Crippen LogP contribution in [0.4, 0.5) is 0 Å². The standard InChI is InChI=1S/C19H19N7OS/c1-12-22-23-16(28-12)5-6-17(27)25-9-7-14-18(21-11-20-14)19(25)15-10-13-4-2-3-8-26(13)24-15/h2-4,8,10-11,19H,5-7,9H2,1H3,(H,20,21). The van der Waals surface area contributed by atoms with Crippen LogP contribution in [0.25, 0.3) is 5.52 Å². The van der Waals surface area contributed by atoms with Crippen LogP contribution >= 0.6 is 11.3 Å². The highest BCUT2D eigenvalue weighted by molar-refractivity contribution is 7.11. The van der Waals surface area contributed by atoms with E-state index in [0.717, 1.165) is 39.0 Å². The monoisotopic (exact) mass is 393 g/mol. The van der Waals surface area contributed by atoms with E-state index in [-0.39, 0.29) is 11.9 Å². The maximum absolute atomic E-state index is 13.1. The molecule has 142 valence electrons. The van der Waals surface area contributed by atoms with Crippen LogP contribution in [0.2, 0.25) is 0 Å². The van der Waals surface area contributed by atoms with Gasteiger partial charge < -0.3 is 9.88 Å². The topological polar surface area (TPSA) is 92.1 Å². The minimum atomic E-state index is -0.279. The summed E-state index contributed by atoms with van der Waals surface area (Å²) in [5.41, 5.74) is 3.79. The number of amides is 1. The zero-order chi connectivity index (χ0) is 19.1. The molecule has 1 N–H and O–H groups in total. The largest absolute Gasteiger partial charge is 0.348 e. The fourth-order valence-corrected chi connectivity index (χ4v) is 4.44. The SMILES string of the molecule is Cc1nnc(CCC(=O)N2CCc3[nH]cnc3C2c2cc3ccccn3n2)s1. The van der Waals surface area contributed by atoms with Crippen molar-refractivity contribution < 1.29 is 4.79 Å². The quantitative estimate of drug-likeness (QED) is 0.574. The summed E-state index contributed by atoms with van der Waals surface area (Å²) in [6.45, 7) is 2.56. The van der Waals surface area contributed by atoms with Gasteiger partial charge >= 0.3 is 0 Å². The summed E-state index contributed by atoms with van der Waals surface area (Å²) in [4.78, 5) is 22.8. The lowest BCUT2D eigenvalue weighted by molar-refractivity contribution is -0.133. The third-order valence-corrected chi connectivity index (χ3v) is 5.93. The highest BCUT2D eigenvalue weighted by atomic mass is 32.1. The summed E-state index contributed by atoms with van der Waals surface area (Å²) in [5, 5.41) is 14.7. The molecule has 1 aliphatic heterocycles. The normalized spacial score (nSPS) is 16.5. The number of imidazole rings is 1. The number of pyridine rings is 1. The highest BCUT2D eigenvalue weighted by Gasteiger charge is 2.35. The highest BCUT2D eigenvalue weighted by Crippen LogP contribution is 2.33. The first-order chi connectivity index (χ1) is 13.7. The molecule has 0 saturated heterocycles. The third kappa shape index (κ3) is 2.97. The van der Waals surface area contributed by atoms with Gasteiger partial charge in [-0.2, -0.15) is 5.10 Å². The predicted molar refractivity (Wildman–Crippen MR) is 104 cm³/mol. The summed E-state index contributed by atoms with van der Waals surface area (Å²) in [6, 6.07) is 7.68. The molecule has 4 aromatic heterocycles. The number of hydrogen-bond acceptors (Lipinski definition) is 6. The van der Waals surface area contributed by atoms with Crippen molar-refractivity contribution in [1.29, 1.82) is 0 Å². The third-order valence-electron chi connectivity index (χ3n) is 5.03. The molecule has 4 aromatic rings. The van der Waals surface area contributed by atoms with Gasteiger partial charge in [0.25, 0.3) is 0 Å². The number of carbonyl (C=O) groups is 1. The van der Waals surface area contributed by atoms with Gasteiger partial charge in [0.15, 0.2) is 0 Å². The van der Waals surface area contributed by atoms with Crippen LogP contribution in [-0.2, 0) is 17.6 Å². The maximum atomic E-state index is 13.1. The number of rotatable bonds is 4. The van der Waals surface area contributed by atoms with Gasteiger partial charge in [0.05, 0.1) is 23.2 Å². The molecule has 1 atom stereocenters. The molecule has 0 spiro atoms. The Balaban J connectivity index is 1.46. The Morgan fingerprint density at radius 2 is 2.29 bits per heavy atom. The number of hydrogen-bond donors (Lipinski definition) is 1. The lowest BCUT2D eigenvalue weighted by atomic mass is 9.99. The van der Waals surface area contributed by atoms with E-state index in [9.17, 15) is 4.79 Å². The second kappa shape index (κ2) is 6.83. The van der Waals surface area contributed by atoms with Crippen LogP contribution < -0.4 is 0 Å². The number of nitrogens with one attached hydrogen (secondary N) is 1. The Morgan fingerprint density at radius 3 is 3.11 bits per heavy atom. The molecule has 0 radical (unpaired) electrons. The molecule has 9 heteroatoms. The van der Waals surface area contributed by atoms with Gasteiger partial charge in [0.1, 0.15) is 16.1 Å². The average molecular weight is 393 g/mol. The summed E-state index contributed by atoms with van der Waals surface area (Å²) in [5.74, 6) is 0.0866. The number of aromatic amines is 1. The van der Waals surface area contributed by atoms with Crippen LogP contribution in [0, 0.1) is 6.92 Å². The molecule has 0 bridgehead atoms. The molecule has 8 nitrogen and oxygen atoms in total. The molecule has 1 unspecified atom stereocenters. The Labute approximate surface area is 165 Å². The van der Waals surface area contributed by atoms with E-state index < -0.39 is 0 Å². The Bertz CT molecular complexity index is 1110. The maximum Gasteiger partial charge on any atom is 0.223 e. The van der Waals surface area contributed by atoms with Gasteiger partial charge in [0.2, 0.25) is 5.91 Å². The molecule has 0 fully saturated rings. The second-order valence-corrected chi connectivity index (χ2v) is 8.13. The molecule has 0 saturated carbocycles. The predicted octanol–water partition coefficient (Wildman–Crippen LogP) is 2.32. The van der Waals surface area contributed by atoms with Gasteiger partial charge in [-0.3, -0.25) is 4.79 Å². The van der Waals surface area contributed by atoms with Crippen molar-refractivity contribution in [2.45, 2.75) is 32.2 Å². The molecule has 0 aromatic carbocycles. The number of fused-ring (bicyclic) bond motifs is 2. The van der Waals surface area contributed by atoms with Crippen molar-refractivity contribution in [3.8, 4) is 0 Å². The first-order valence-electron chi connectivity index (χ1n) is 9.24. The van der Waals surface area contributed by atoms with Crippen molar-refractivity contribution in [3.63, 3.8) is 0 Å². The summed E-state index contributed by atoms with van der Waals surface area (Å²) < 4.78 is 1.84. The van der Waals surface area contributed by atoms with E-state index in [1.54, 1.807) is 17.7 Å². The first kappa shape index (κ1) is 17.1. The average Bonchev–Trinajstić information content (AvgIpc) is 3.43. The van der Waals surface area contributed by atoms with E-state index in [1.807, 2.05) is 46.8 Å². The minimum Gasteiger partial charge on any atom is -0.348 e. The number of H-pyrrole nitrogens is 1. The fraction of sp³-hybridized carbons (Fsp3) is 0.316. The molecule has 28 heavy (non-hydrogen) atoms. The Kier molecular flexibility index (Phi) is 4.16. The number of aryl methyl sites for hydroxylation is 2. The van der Waals surface area contributed by atoms with Crippen molar-refractivity contribution in [3.05, 3.63) is 63.9 Å². The molecule has 5 heterocycles.